The van der Waals surface area contributed by atoms with Crippen molar-refractivity contribution >= 4 is 44.8 Å². The van der Waals surface area contributed by atoms with Gasteiger partial charge in [-0.25, -0.2) is 0 Å². The molecule has 0 aliphatic carbocycles. The van der Waals surface area contributed by atoms with Crippen LogP contribution in [0.2, 0.25) is 0 Å². The van der Waals surface area contributed by atoms with E-state index in [9.17, 15) is 4.79 Å². The third kappa shape index (κ3) is 2.20. The topological polar surface area (TPSA) is 51.1 Å². The number of thioether (sulfide) groups is 1. The lowest BCUT2D eigenvalue weighted by Gasteiger charge is -2.05. The Hall–Kier alpha value is -1.47. The van der Waals surface area contributed by atoms with Gasteiger partial charge in [-0.1, -0.05) is 15.9 Å². The van der Waals surface area contributed by atoms with Gasteiger partial charge in [0.15, 0.2) is 16.7 Å². The maximum absolute atomic E-state index is 12.1. The van der Waals surface area contributed by atoms with E-state index in [-0.39, 0.29) is 12.7 Å². The molecule has 1 fully saturated rings. The number of nitrogens with zero attached hydrogens (tertiary/aromatic N) is 2. The second-order valence-electron chi connectivity index (χ2n) is 4.21. The molecule has 0 atom stereocenters. The zero-order valence-corrected chi connectivity index (χ0v) is 13.2. The van der Waals surface area contributed by atoms with E-state index in [2.05, 4.69) is 20.9 Å². The fourth-order valence-corrected chi connectivity index (χ4v) is 3.29. The first-order valence-corrected chi connectivity index (χ1v) is 7.44. The number of benzene rings is 1. The molecule has 1 aromatic carbocycles. The maximum Gasteiger partial charge on any atom is 0.266 e. The lowest BCUT2D eigenvalue weighted by molar-refractivity contribution is -0.121. The standard InChI is InChI=1S/C13H11BrN2O3S/c1-15-13-16(2)12(17)11(20-13)4-7-3-9-10(5-8(7)14)19-6-18-9/h3-5H,6H2,1-2H3. The molecular weight excluding hydrogens is 344 g/mol. The van der Waals surface area contributed by atoms with Gasteiger partial charge in [-0.05, 0) is 35.5 Å². The van der Waals surface area contributed by atoms with Crippen LogP contribution in [0.1, 0.15) is 5.56 Å². The number of halogens is 1. The van der Waals surface area contributed by atoms with Crippen molar-refractivity contribution in [2.75, 3.05) is 20.9 Å². The lowest BCUT2D eigenvalue weighted by atomic mass is 10.2. The number of ether oxygens (including phenoxy) is 2. The average molecular weight is 355 g/mol. The Labute approximate surface area is 128 Å². The number of fused-ring (bicyclic) bond motifs is 1. The fourth-order valence-electron chi connectivity index (χ4n) is 1.93. The van der Waals surface area contributed by atoms with E-state index < -0.39 is 0 Å². The van der Waals surface area contributed by atoms with E-state index in [0.29, 0.717) is 21.6 Å². The summed E-state index contributed by atoms with van der Waals surface area (Å²) in [7, 11) is 3.39. The second-order valence-corrected chi connectivity index (χ2v) is 6.07. The monoisotopic (exact) mass is 354 g/mol. The number of likely N-dealkylation sites (N-methyl/N-ethyl adjacent to an activating group) is 1. The summed E-state index contributed by atoms with van der Waals surface area (Å²) in [5.74, 6) is 1.34. The molecule has 1 aromatic rings. The summed E-state index contributed by atoms with van der Waals surface area (Å²) in [5, 5.41) is 0.693. The van der Waals surface area contributed by atoms with Crippen molar-refractivity contribution in [3.63, 3.8) is 0 Å². The van der Waals surface area contributed by atoms with Crippen LogP contribution in [-0.4, -0.2) is 36.9 Å². The quantitative estimate of drug-likeness (QED) is 0.727. The number of carbonyl (C=O) groups is 1. The van der Waals surface area contributed by atoms with Gasteiger partial charge < -0.3 is 9.47 Å². The molecule has 0 saturated carbocycles. The molecular formula is C13H11BrN2O3S. The van der Waals surface area contributed by atoms with Gasteiger partial charge in [0.1, 0.15) is 0 Å². The van der Waals surface area contributed by atoms with Gasteiger partial charge in [-0.15, -0.1) is 0 Å². The Bertz CT molecular complexity index is 657. The SMILES string of the molecule is CN=C1SC(=Cc2cc3c(cc2Br)OCO3)C(=O)N1C. The normalized spacial score (nSPS) is 21.4. The minimum absolute atomic E-state index is 0.0554. The fraction of sp³-hybridized carbons (Fsp3) is 0.231. The van der Waals surface area contributed by atoms with Crippen molar-refractivity contribution < 1.29 is 14.3 Å². The first-order chi connectivity index (χ1) is 9.60. The van der Waals surface area contributed by atoms with Gasteiger partial charge in [0.2, 0.25) is 6.79 Å². The average Bonchev–Trinajstić information content (AvgIpc) is 2.98. The highest BCUT2D eigenvalue weighted by atomic mass is 79.9. The predicted molar refractivity (Wildman–Crippen MR) is 82.0 cm³/mol. The molecule has 0 radical (unpaired) electrons. The lowest BCUT2D eigenvalue weighted by Crippen LogP contribution is -2.23. The molecule has 0 aromatic heterocycles. The van der Waals surface area contributed by atoms with Crippen LogP contribution in [0.15, 0.2) is 26.5 Å². The smallest absolute Gasteiger partial charge is 0.266 e. The molecule has 1 amide bonds. The number of amidine groups is 1. The number of hydrogen-bond donors (Lipinski definition) is 0. The summed E-state index contributed by atoms with van der Waals surface area (Å²) in [5.41, 5.74) is 0.871. The van der Waals surface area contributed by atoms with Crippen molar-refractivity contribution in [3.8, 4) is 11.5 Å². The Kier molecular flexibility index (Phi) is 3.47. The number of rotatable bonds is 1. The number of aliphatic imine (C=N–C) groups is 1. The van der Waals surface area contributed by atoms with E-state index in [4.69, 9.17) is 9.47 Å². The van der Waals surface area contributed by atoms with Crippen LogP contribution in [0.5, 0.6) is 11.5 Å². The zero-order chi connectivity index (χ0) is 14.3. The van der Waals surface area contributed by atoms with Crippen molar-refractivity contribution in [1.29, 1.82) is 0 Å². The third-order valence-corrected chi connectivity index (χ3v) is 4.81. The van der Waals surface area contributed by atoms with Crippen LogP contribution >= 0.6 is 27.7 Å². The van der Waals surface area contributed by atoms with Crippen LogP contribution in [-0.2, 0) is 4.79 Å². The minimum atomic E-state index is -0.0554. The molecule has 20 heavy (non-hydrogen) atoms. The van der Waals surface area contributed by atoms with Gasteiger partial charge in [0.05, 0.1) is 4.91 Å². The number of carbonyl (C=O) groups excluding carboxylic acids is 1. The van der Waals surface area contributed by atoms with Gasteiger partial charge in [0, 0.05) is 18.6 Å². The predicted octanol–water partition coefficient (Wildman–Crippen LogP) is 2.71. The first-order valence-electron chi connectivity index (χ1n) is 5.83. The maximum atomic E-state index is 12.1. The molecule has 0 spiro atoms. The van der Waals surface area contributed by atoms with Crippen molar-refractivity contribution in [3.05, 3.63) is 27.1 Å². The molecule has 3 rings (SSSR count). The summed E-state index contributed by atoms with van der Waals surface area (Å²) in [6.07, 6.45) is 1.83. The highest BCUT2D eigenvalue weighted by Gasteiger charge is 2.30. The summed E-state index contributed by atoms with van der Waals surface area (Å²) in [4.78, 5) is 18.4. The molecule has 104 valence electrons. The second kappa shape index (κ2) is 5.14. The van der Waals surface area contributed by atoms with Crippen LogP contribution in [0.25, 0.3) is 6.08 Å². The number of amides is 1. The van der Waals surface area contributed by atoms with Crippen LogP contribution in [0.4, 0.5) is 0 Å². The van der Waals surface area contributed by atoms with E-state index in [1.165, 1.54) is 16.7 Å². The third-order valence-electron chi connectivity index (χ3n) is 2.97. The minimum Gasteiger partial charge on any atom is -0.454 e. The van der Waals surface area contributed by atoms with E-state index in [1.54, 1.807) is 14.1 Å². The number of hydrogen-bond acceptors (Lipinski definition) is 5. The Morgan fingerprint density at radius 2 is 2.10 bits per heavy atom. The summed E-state index contributed by atoms with van der Waals surface area (Å²) < 4.78 is 11.5. The van der Waals surface area contributed by atoms with Gasteiger partial charge in [-0.3, -0.25) is 14.7 Å². The van der Waals surface area contributed by atoms with E-state index in [0.717, 1.165) is 10.0 Å². The largest absolute Gasteiger partial charge is 0.454 e. The van der Waals surface area contributed by atoms with Crippen molar-refractivity contribution in [2.24, 2.45) is 4.99 Å². The molecule has 2 aliphatic rings. The molecule has 1 saturated heterocycles. The van der Waals surface area contributed by atoms with Crippen LogP contribution in [0.3, 0.4) is 0 Å². The first kappa shape index (κ1) is 13.5. The van der Waals surface area contributed by atoms with E-state index >= 15 is 0 Å². The van der Waals surface area contributed by atoms with Gasteiger partial charge in [0.25, 0.3) is 5.91 Å². The highest BCUT2D eigenvalue weighted by Crippen LogP contribution is 2.39. The summed E-state index contributed by atoms with van der Waals surface area (Å²) >= 11 is 4.84. The molecule has 0 bridgehead atoms. The molecule has 2 aliphatic heterocycles. The molecule has 0 unspecified atom stereocenters. The van der Waals surface area contributed by atoms with Gasteiger partial charge >= 0.3 is 0 Å². The zero-order valence-electron chi connectivity index (χ0n) is 10.8. The molecule has 7 heteroatoms. The highest BCUT2D eigenvalue weighted by molar-refractivity contribution is 9.10. The Morgan fingerprint density at radius 1 is 1.40 bits per heavy atom. The summed E-state index contributed by atoms with van der Waals surface area (Å²) in [6, 6.07) is 3.70. The summed E-state index contributed by atoms with van der Waals surface area (Å²) in [6.45, 7) is 0.227. The van der Waals surface area contributed by atoms with Gasteiger partial charge in [-0.2, -0.15) is 0 Å². The van der Waals surface area contributed by atoms with E-state index in [1.807, 2.05) is 18.2 Å². The van der Waals surface area contributed by atoms with Crippen LogP contribution in [0, 0.1) is 0 Å². The molecule has 0 N–H and O–H groups in total. The Morgan fingerprint density at radius 3 is 2.75 bits per heavy atom. The van der Waals surface area contributed by atoms with Crippen molar-refractivity contribution in [2.45, 2.75) is 0 Å². The van der Waals surface area contributed by atoms with Crippen molar-refractivity contribution in [1.82, 2.24) is 4.90 Å². The molecule has 2 heterocycles. The molecule has 5 nitrogen and oxygen atoms in total. The Balaban J connectivity index is 1.99. The van der Waals surface area contributed by atoms with Crippen LogP contribution < -0.4 is 9.47 Å².